The molecule has 1 aliphatic rings. The van der Waals surface area contributed by atoms with Gasteiger partial charge < -0.3 is 20.3 Å². The first-order valence-electron chi connectivity index (χ1n) is 7.76. The van der Waals surface area contributed by atoms with Crippen LogP contribution in [0.25, 0.3) is 10.9 Å². The molecule has 1 atom stereocenters. The van der Waals surface area contributed by atoms with Gasteiger partial charge in [0.1, 0.15) is 0 Å². The maximum Gasteiger partial charge on any atom is 0.317 e. The fourth-order valence-electron chi connectivity index (χ4n) is 3.04. The van der Waals surface area contributed by atoms with Crippen molar-refractivity contribution in [1.82, 2.24) is 15.2 Å². The van der Waals surface area contributed by atoms with Crippen LogP contribution in [0.4, 0.5) is 4.79 Å². The van der Waals surface area contributed by atoms with Crippen LogP contribution in [-0.4, -0.2) is 46.3 Å². The van der Waals surface area contributed by atoms with Crippen LogP contribution < -0.4 is 5.32 Å². The van der Waals surface area contributed by atoms with Gasteiger partial charge in [-0.2, -0.15) is 0 Å². The summed E-state index contributed by atoms with van der Waals surface area (Å²) in [4.78, 5) is 17.0. The molecule has 0 spiro atoms. The highest BCUT2D eigenvalue weighted by molar-refractivity contribution is 5.84. The molecule has 1 fully saturated rings. The molecule has 5 heteroatoms. The molecule has 2 amide bonds. The number of rotatable bonds is 3. The maximum atomic E-state index is 12.1. The number of aryl methyl sites for hydroxylation is 1. The van der Waals surface area contributed by atoms with Gasteiger partial charge in [-0.3, -0.25) is 0 Å². The zero-order valence-electron chi connectivity index (χ0n) is 13.1. The Kier molecular flexibility index (Phi) is 3.83. The monoisotopic (exact) mass is 301 g/mol. The number of H-pyrrole nitrogens is 1. The number of nitrogens with zero attached hydrogens (tertiary/aromatic N) is 1. The number of amides is 2. The highest BCUT2D eigenvalue weighted by Gasteiger charge is 2.33. The topological polar surface area (TPSA) is 68.4 Å². The van der Waals surface area contributed by atoms with Crippen LogP contribution in [0.1, 0.15) is 24.5 Å². The van der Waals surface area contributed by atoms with Crippen LogP contribution >= 0.6 is 0 Å². The Hall–Kier alpha value is -2.01. The normalized spacial score (nSPS) is 21.5. The number of fused-ring (bicyclic) bond motifs is 1. The number of urea groups is 1. The van der Waals surface area contributed by atoms with Crippen molar-refractivity contribution in [3.63, 3.8) is 0 Å². The minimum absolute atomic E-state index is 0.0894. The van der Waals surface area contributed by atoms with E-state index in [0.717, 1.165) is 11.9 Å². The van der Waals surface area contributed by atoms with Crippen molar-refractivity contribution >= 4 is 16.9 Å². The van der Waals surface area contributed by atoms with E-state index in [1.807, 2.05) is 6.20 Å². The number of hydrogen-bond acceptors (Lipinski definition) is 2. The summed E-state index contributed by atoms with van der Waals surface area (Å²) in [5.41, 5.74) is 2.84. The summed E-state index contributed by atoms with van der Waals surface area (Å²) in [6.45, 7) is 5.47. The minimum atomic E-state index is -0.744. The maximum absolute atomic E-state index is 12.1. The number of likely N-dealkylation sites (tertiary alicyclic amines) is 1. The number of benzene rings is 1. The lowest BCUT2D eigenvalue weighted by molar-refractivity contribution is 0.0719. The van der Waals surface area contributed by atoms with Crippen LogP contribution in [0, 0.1) is 6.92 Å². The summed E-state index contributed by atoms with van der Waals surface area (Å²) < 4.78 is 0. The van der Waals surface area contributed by atoms with Gasteiger partial charge in [-0.15, -0.1) is 0 Å². The smallest absolute Gasteiger partial charge is 0.317 e. The van der Waals surface area contributed by atoms with Gasteiger partial charge in [0.15, 0.2) is 0 Å². The second-order valence-corrected chi connectivity index (χ2v) is 6.51. The van der Waals surface area contributed by atoms with Crippen LogP contribution in [0.15, 0.2) is 24.4 Å². The average molecular weight is 301 g/mol. The lowest BCUT2D eigenvalue weighted by atomic mass is 10.1. The predicted octanol–water partition coefficient (Wildman–Crippen LogP) is 2.19. The first-order valence-corrected chi connectivity index (χ1v) is 7.76. The molecule has 1 aromatic carbocycles. The summed E-state index contributed by atoms with van der Waals surface area (Å²) in [5, 5.41) is 14.1. The van der Waals surface area contributed by atoms with E-state index in [-0.39, 0.29) is 6.03 Å². The van der Waals surface area contributed by atoms with Crippen molar-refractivity contribution in [2.75, 3.05) is 19.6 Å². The van der Waals surface area contributed by atoms with E-state index in [2.05, 4.69) is 35.4 Å². The first-order chi connectivity index (χ1) is 10.4. The third-order valence-corrected chi connectivity index (χ3v) is 4.33. The second kappa shape index (κ2) is 5.65. The molecular weight excluding hydrogens is 278 g/mol. The number of β-amino-alcohol motifs (C(OH)–C–C–N with tert-alkyl or cyclic N) is 1. The van der Waals surface area contributed by atoms with E-state index in [1.54, 1.807) is 11.8 Å². The molecule has 0 bridgehead atoms. The van der Waals surface area contributed by atoms with Gasteiger partial charge in [-0.1, -0.05) is 12.1 Å². The van der Waals surface area contributed by atoms with Crippen molar-refractivity contribution in [3.8, 4) is 0 Å². The van der Waals surface area contributed by atoms with Crippen molar-refractivity contribution in [2.24, 2.45) is 0 Å². The van der Waals surface area contributed by atoms with Gasteiger partial charge >= 0.3 is 6.03 Å². The van der Waals surface area contributed by atoms with E-state index >= 15 is 0 Å². The third kappa shape index (κ3) is 3.09. The van der Waals surface area contributed by atoms with E-state index < -0.39 is 5.60 Å². The number of carbonyl (C=O) groups is 1. The van der Waals surface area contributed by atoms with Crippen molar-refractivity contribution in [2.45, 2.75) is 32.3 Å². The summed E-state index contributed by atoms with van der Waals surface area (Å²) in [5.74, 6) is 0. The molecule has 2 aromatic rings. The van der Waals surface area contributed by atoms with Gasteiger partial charge in [0, 0.05) is 30.2 Å². The van der Waals surface area contributed by atoms with E-state index in [1.165, 1.54) is 16.5 Å². The van der Waals surface area contributed by atoms with Crippen molar-refractivity contribution in [1.29, 1.82) is 0 Å². The number of aromatic amines is 1. The van der Waals surface area contributed by atoms with Gasteiger partial charge in [0.2, 0.25) is 0 Å². The van der Waals surface area contributed by atoms with E-state index in [4.69, 9.17) is 0 Å². The Labute approximate surface area is 130 Å². The molecule has 1 aromatic heterocycles. The lowest BCUT2D eigenvalue weighted by Crippen LogP contribution is -2.41. The van der Waals surface area contributed by atoms with Crippen LogP contribution in [0.5, 0.6) is 0 Å². The summed E-state index contributed by atoms with van der Waals surface area (Å²) in [6.07, 6.45) is 3.44. The number of hydrogen-bond donors (Lipinski definition) is 3. The predicted molar refractivity (Wildman–Crippen MR) is 87.0 cm³/mol. The molecule has 3 N–H and O–H groups in total. The number of aromatic nitrogens is 1. The van der Waals surface area contributed by atoms with Gasteiger partial charge in [0.25, 0.3) is 0 Å². The summed E-state index contributed by atoms with van der Waals surface area (Å²) in [7, 11) is 0. The number of carbonyl (C=O) groups excluding carboxylic acids is 1. The second-order valence-electron chi connectivity index (χ2n) is 6.51. The van der Waals surface area contributed by atoms with Crippen molar-refractivity contribution in [3.05, 3.63) is 35.5 Å². The fourth-order valence-corrected chi connectivity index (χ4v) is 3.04. The minimum Gasteiger partial charge on any atom is -0.388 e. The zero-order valence-corrected chi connectivity index (χ0v) is 13.1. The third-order valence-electron chi connectivity index (χ3n) is 4.33. The van der Waals surface area contributed by atoms with Gasteiger partial charge in [-0.25, -0.2) is 4.79 Å². The quantitative estimate of drug-likeness (QED) is 0.813. The van der Waals surface area contributed by atoms with E-state index in [9.17, 15) is 9.90 Å². The molecule has 22 heavy (non-hydrogen) atoms. The molecule has 3 rings (SSSR count). The van der Waals surface area contributed by atoms with E-state index in [0.29, 0.717) is 26.1 Å². The highest BCUT2D eigenvalue weighted by Crippen LogP contribution is 2.21. The van der Waals surface area contributed by atoms with Crippen LogP contribution in [0.2, 0.25) is 0 Å². The highest BCUT2D eigenvalue weighted by atomic mass is 16.3. The lowest BCUT2D eigenvalue weighted by Gasteiger charge is -2.19. The molecule has 118 valence electrons. The van der Waals surface area contributed by atoms with Gasteiger partial charge in [-0.05, 0) is 43.9 Å². The van der Waals surface area contributed by atoms with Crippen molar-refractivity contribution < 1.29 is 9.90 Å². The SMILES string of the molecule is Cc1ccc2c(CCNC(=O)N3CC[C@@](C)(O)C3)c[nH]c2c1. The Morgan fingerprint density at radius 1 is 1.50 bits per heavy atom. The Morgan fingerprint density at radius 2 is 2.32 bits per heavy atom. The molecule has 0 aliphatic carbocycles. The Bertz CT molecular complexity index is 690. The molecule has 0 radical (unpaired) electrons. The zero-order chi connectivity index (χ0) is 15.7. The Morgan fingerprint density at radius 3 is 3.05 bits per heavy atom. The largest absolute Gasteiger partial charge is 0.388 e. The number of nitrogens with one attached hydrogen (secondary N) is 2. The fraction of sp³-hybridized carbons (Fsp3) is 0.471. The molecule has 1 saturated heterocycles. The summed E-state index contributed by atoms with van der Waals surface area (Å²) >= 11 is 0. The molecule has 1 aliphatic heterocycles. The summed E-state index contributed by atoms with van der Waals surface area (Å²) in [6, 6.07) is 6.26. The number of aliphatic hydroxyl groups is 1. The van der Waals surface area contributed by atoms with Gasteiger partial charge in [0.05, 0.1) is 12.1 Å². The molecule has 0 saturated carbocycles. The van der Waals surface area contributed by atoms with Crippen LogP contribution in [-0.2, 0) is 6.42 Å². The standard InChI is InChI=1S/C17H23N3O2/c1-12-3-4-14-13(10-19-15(14)9-12)5-7-18-16(21)20-8-6-17(2,22)11-20/h3-4,9-10,19,22H,5-8,11H2,1-2H3,(H,18,21)/t17-/m1/s1. The molecule has 2 heterocycles. The Balaban J connectivity index is 1.55. The van der Waals surface area contributed by atoms with Crippen LogP contribution in [0.3, 0.4) is 0 Å². The molecular formula is C17H23N3O2. The average Bonchev–Trinajstić information content (AvgIpc) is 3.02. The molecule has 0 unspecified atom stereocenters. The first kappa shape index (κ1) is 14.9. The molecule has 5 nitrogen and oxygen atoms in total.